The highest BCUT2D eigenvalue weighted by Gasteiger charge is 2.28. The second-order valence-corrected chi connectivity index (χ2v) is 12.2. The molecule has 1 amide bonds. The molecule has 7 nitrogen and oxygen atoms in total. The van der Waals surface area contributed by atoms with Crippen molar-refractivity contribution in [2.45, 2.75) is 27.0 Å². The largest absolute Gasteiger partial charge is 0.496 e. The van der Waals surface area contributed by atoms with Gasteiger partial charge in [-0.15, -0.1) is 22.7 Å². The van der Waals surface area contributed by atoms with Gasteiger partial charge in [-0.05, 0) is 78.4 Å². The summed E-state index contributed by atoms with van der Waals surface area (Å²) in [5, 5.41) is 15.3. The molecule has 1 aliphatic heterocycles. The van der Waals surface area contributed by atoms with E-state index in [-0.39, 0.29) is 11.5 Å². The molecule has 0 spiro atoms. The van der Waals surface area contributed by atoms with Crippen molar-refractivity contribution in [1.82, 2.24) is 0 Å². The third kappa shape index (κ3) is 4.85. The zero-order valence-corrected chi connectivity index (χ0v) is 24.9. The Hall–Kier alpha value is -4.44. The van der Waals surface area contributed by atoms with Crippen molar-refractivity contribution in [2.75, 3.05) is 12.4 Å². The van der Waals surface area contributed by atoms with Gasteiger partial charge in [0, 0.05) is 54.7 Å². The topological polar surface area (TPSA) is 111 Å². The highest BCUT2D eigenvalue weighted by atomic mass is 32.1. The van der Waals surface area contributed by atoms with Crippen LogP contribution in [0, 0.1) is 13.8 Å². The lowest BCUT2D eigenvalue weighted by atomic mass is 9.89. The van der Waals surface area contributed by atoms with Crippen LogP contribution in [0.3, 0.4) is 0 Å². The fourth-order valence-electron chi connectivity index (χ4n) is 5.20. The van der Waals surface area contributed by atoms with E-state index in [4.69, 9.17) is 15.2 Å². The van der Waals surface area contributed by atoms with E-state index >= 15 is 0 Å². The molecular formula is C33H28N2O5S2. The second kappa shape index (κ2) is 11.1. The van der Waals surface area contributed by atoms with E-state index in [1.807, 2.05) is 29.6 Å². The molecule has 2 aromatic heterocycles. The van der Waals surface area contributed by atoms with Crippen molar-refractivity contribution >= 4 is 40.2 Å². The van der Waals surface area contributed by atoms with Gasteiger partial charge in [-0.2, -0.15) is 0 Å². The van der Waals surface area contributed by atoms with Gasteiger partial charge in [0.2, 0.25) is 0 Å². The third-order valence-electron chi connectivity index (χ3n) is 7.59. The number of nitrogens with one attached hydrogen (secondary N) is 1. The predicted molar refractivity (Wildman–Crippen MR) is 168 cm³/mol. The fourth-order valence-corrected chi connectivity index (χ4v) is 7.13. The quantitative estimate of drug-likeness (QED) is 0.177. The zero-order valence-electron chi connectivity index (χ0n) is 23.2. The smallest absolute Gasteiger partial charge is 0.336 e. The highest BCUT2D eigenvalue weighted by molar-refractivity contribution is 7.16. The third-order valence-corrected chi connectivity index (χ3v) is 9.77. The van der Waals surface area contributed by atoms with Crippen LogP contribution < -0.4 is 20.5 Å². The van der Waals surface area contributed by atoms with Crippen LogP contribution in [-0.2, 0) is 13.2 Å². The number of hydrogen-bond donors (Lipinski definition) is 3. The molecule has 0 aliphatic carbocycles. The SMILES string of the molecule is COc1cc(-c2cc3c(cc2C(=O)O)-c2sc(C)c(C)c2CO3)c(C(=O)Nc2ccc(CN)cc2)cc1-c1cccs1. The van der Waals surface area contributed by atoms with Gasteiger partial charge < -0.3 is 25.6 Å². The number of rotatable bonds is 7. The minimum absolute atomic E-state index is 0.0705. The average Bonchev–Trinajstić information content (AvgIpc) is 3.64. The van der Waals surface area contributed by atoms with Gasteiger partial charge in [-0.1, -0.05) is 18.2 Å². The summed E-state index contributed by atoms with van der Waals surface area (Å²) in [5.41, 5.74) is 12.2. The number of carbonyl (C=O) groups excluding carboxylic acids is 1. The van der Waals surface area contributed by atoms with Crippen LogP contribution in [-0.4, -0.2) is 24.1 Å². The first kappa shape index (κ1) is 27.7. The molecule has 4 N–H and O–H groups in total. The summed E-state index contributed by atoms with van der Waals surface area (Å²) >= 11 is 3.16. The van der Waals surface area contributed by atoms with E-state index in [0.717, 1.165) is 37.6 Å². The Balaban J connectivity index is 1.55. The average molecular weight is 597 g/mol. The number of fused-ring (bicyclic) bond motifs is 3. The summed E-state index contributed by atoms with van der Waals surface area (Å²) in [6.07, 6.45) is 0. The standard InChI is InChI=1S/C33H28N2O5S2/c1-17-18(2)42-31-26-12-24(33(37)38)22(14-29(26)40-16-27(17)31)21-13-28(39-3)25(30-5-4-10-41-30)11-23(21)32(36)35-20-8-6-19(15-34)7-9-20/h4-14H,15-16,34H2,1-3H3,(H,35,36)(H,37,38). The van der Waals surface area contributed by atoms with Crippen LogP contribution >= 0.6 is 22.7 Å². The van der Waals surface area contributed by atoms with E-state index in [0.29, 0.717) is 47.0 Å². The van der Waals surface area contributed by atoms with Gasteiger partial charge in [0.05, 0.1) is 12.7 Å². The van der Waals surface area contributed by atoms with Crippen LogP contribution in [0.1, 0.15) is 42.3 Å². The maximum atomic E-state index is 13.9. The number of carboxylic acids is 1. The molecule has 0 unspecified atom stereocenters. The number of benzene rings is 3. The molecule has 0 fully saturated rings. The lowest BCUT2D eigenvalue weighted by molar-refractivity contribution is 0.0697. The summed E-state index contributed by atoms with van der Waals surface area (Å²) in [5.74, 6) is -0.380. The molecule has 0 saturated heterocycles. The molecule has 1 aliphatic rings. The Morgan fingerprint density at radius 2 is 1.74 bits per heavy atom. The first-order chi connectivity index (χ1) is 20.3. The number of thiophene rings is 2. The number of carbonyl (C=O) groups is 2. The van der Waals surface area contributed by atoms with E-state index in [1.165, 1.54) is 16.2 Å². The molecule has 212 valence electrons. The van der Waals surface area contributed by atoms with Crippen LogP contribution in [0.5, 0.6) is 11.5 Å². The Kier molecular flexibility index (Phi) is 7.32. The minimum atomic E-state index is -1.10. The highest BCUT2D eigenvalue weighted by Crippen LogP contribution is 2.48. The predicted octanol–water partition coefficient (Wildman–Crippen LogP) is 7.74. The molecule has 0 bridgehead atoms. The van der Waals surface area contributed by atoms with E-state index < -0.39 is 5.97 Å². The first-order valence-corrected chi connectivity index (χ1v) is 15.0. The van der Waals surface area contributed by atoms with Crippen LogP contribution in [0.4, 0.5) is 5.69 Å². The number of anilines is 1. The van der Waals surface area contributed by atoms with Crippen LogP contribution in [0.15, 0.2) is 66.0 Å². The Labute approximate surface area is 251 Å². The maximum absolute atomic E-state index is 13.9. The van der Waals surface area contributed by atoms with E-state index in [1.54, 1.807) is 54.8 Å². The number of nitrogens with two attached hydrogens (primary N) is 1. The van der Waals surface area contributed by atoms with Crippen molar-refractivity contribution < 1.29 is 24.2 Å². The number of hydrogen-bond acceptors (Lipinski definition) is 7. The Bertz CT molecular complexity index is 1840. The van der Waals surface area contributed by atoms with Crippen LogP contribution in [0.2, 0.25) is 0 Å². The maximum Gasteiger partial charge on any atom is 0.336 e. The van der Waals surface area contributed by atoms with Gasteiger partial charge in [0.1, 0.15) is 18.1 Å². The fraction of sp³-hybridized carbons (Fsp3) is 0.152. The van der Waals surface area contributed by atoms with Gasteiger partial charge in [0.25, 0.3) is 5.91 Å². The van der Waals surface area contributed by atoms with Crippen molar-refractivity contribution in [3.05, 3.63) is 98.7 Å². The molecule has 42 heavy (non-hydrogen) atoms. The number of aryl methyl sites for hydroxylation is 1. The summed E-state index contributed by atoms with van der Waals surface area (Å²) in [4.78, 5) is 29.7. The minimum Gasteiger partial charge on any atom is -0.496 e. The first-order valence-electron chi connectivity index (χ1n) is 13.3. The summed E-state index contributed by atoms with van der Waals surface area (Å²) < 4.78 is 11.9. The Morgan fingerprint density at radius 3 is 2.40 bits per heavy atom. The molecule has 0 saturated carbocycles. The summed E-state index contributed by atoms with van der Waals surface area (Å²) in [6, 6.07) is 18.1. The number of methoxy groups -OCH3 is 1. The van der Waals surface area contributed by atoms with Gasteiger partial charge in [-0.3, -0.25) is 4.79 Å². The van der Waals surface area contributed by atoms with Crippen molar-refractivity contribution in [2.24, 2.45) is 5.73 Å². The van der Waals surface area contributed by atoms with Crippen LogP contribution in [0.25, 0.3) is 32.0 Å². The number of carboxylic acid groups (broad SMARTS) is 1. The lowest BCUT2D eigenvalue weighted by Crippen LogP contribution is -2.15. The lowest BCUT2D eigenvalue weighted by Gasteiger charge is -2.22. The van der Waals surface area contributed by atoms with Gasteiger partial charge >= 0.3 is 5.97 Å². The molecule has 0 radical (unpaired) electrons. The summed E-state index contributed by atoms with van der Waals surface area (Å²) in [7, 11) is 1.56. The molecular weight excluding hydrogens is 569 g/mol. The van der Waals surface area contributed by atoms with Gasteiger partial charge in [-0.25, -0.2) is 4.79 Å². The molecule has 0 atom stereocenters. The normalized spacial score (nSPS) is 11.8. The van der Waals surface area contributed by atoms with Crippen molar-refractivity contribution in [3.8, 4) is 43.5 Å². The molecule has 3 heterocycles. The molecule has 6 rings (SSSR count). The zero-order chi connectivity index (χ0) is 29.5. The molecule has 3 aromatic carbocycles. The second-order valence-electron chi connectivity index (χ2n) is 10.0. The van der Waals surface area contributed by atoms with Crippen molar-refractivity contribution in [1.29, 1.82) is 0 Å². The van der Waals surface area contributed by atoms with Crippen molar-refractivity contribution in [3.63, 3.8) is 0 Å². The summed E-state index contributed by atoms with van der Waals surface area (Å²) in [6.45, 7) is 4.91. The molecule has 5 aromatic rings. The van der Waals surface area contributed by atoms with Gasteiger partial charge in [0.15, 0.2) is 0 Å². The van der Waals surface area contributed by atoms with E-state index in [9.17, 15) is 14.7 Å². The number of ether oxygens (including phenoxy) is 2. The monoisotopic (exact) mass is 596 g/mol. The number of amides is 1. The molecule has 9 heteroatoms. The number of aromatic carboxylic acids is 1. The Morgan fingerprint density at radius 1 is 1.00 bits per heavy atom. The van der Waals surface area contributed by atoms with E-state index in [2.05, 4.69) is 19.2 Å².